The number of amides is 2. The summed E-state index contributed by atoms with van der Waals surface area (Å²) in [6, 6.07) is 6.57. The average molecular weight is 336 g/mol. The number of anilines is 1. The molecule has 7 heteroatoms. The summed E-state index contributed by atoms with van der Waals surface area (Å²) in [5, 5.41) is 8.27. The van der Waals surface area contributed by atoms with Crippen molar-refractivity contribution in [1.29, 1.82) is 0 Å². The van der Waals surface area contributed by atoms with Gasteiger partial charge < -0.3 is 10.6 Å². The van der Waals surface area contributed by atoms with Gasteiger partial charge >= 0.3 is 0 Å². The van der Waals surface area contributed by atoms with Crippen LogP contribution in [0.4, 0.5) is 5.13 Å². The fraction of sp³-hybridized carbons (Fsp3) is 0.267. The molecule has 5 nitrogen and oxygen atoms in total. The molecule has 0 saturated heterocycles. The average Bonchev–Trinajstić information content (AvgIpc) is 3.25. The normalized spacial score (nSPS) is 13.7. The highest BCUT2D eigenvalue weighted by Gasteiger charge is 2.26. The Labute approximate surface area is 136 Å². The Morgan fingerprint density at radius 2 is 2.18 bits per heavy atom. The Balaban J connectivity index is 1.50. The third-order valence-corrected chi connectivity index (χ3v) is 4.27. The number of aromatic nitrogens is 1. The van der Waals surface area contributed by atoms with Crippen molar-refractivity contribution < 1.29 is 9.59 Å². The molecule has 2 N–H and O–H groups in total. The molecular weight excluding hydrogens is 322 g/mol. The second-order valence-corrected chi connectivity index (χ2v) is 6.39. The second kappa shape index (κ2) is 6.46. The molecule has 0 radical (unpaired) electrons. The Morgan fingerprint density at radius 1 is 1.36 bits per heavy atom. The Morgan fingerprint density at radius 3 is 2.91 bits per heavy atom. The van der Waals surface area contributed by atoms with E-state index in [0.29, 0.717) is 21.6 Å². The lowest BCUT2D eigenvalue weighted by Gasteiger charge is -2.05. The molecule has 1 saturated carbocycles. The zero-order chi connectivity index (χ0) is 15.5. The first-order valence-corrected chi connectivity index (χ1v) is 8.16. The lowest BCUT2D eigenvalue weighted by Crippen LogP contribution is -2.32. The van der Waals surface area contributed by atoms with Crippen LogP contribution in [0.5, 0.6) is 0 Å². The van der Waals surface area contributed by atoms with E-state index in [0.717, 1.165) is 5.69 Å². The van der Waals surface area contributed by atoms with E-state index < -0.39 is 0 Å². The lowest BCUT2D eigenvalue weighted by atomic mass is 10.2. The second-order valence-electron chi connectivity index (χ2n) is 5.09. The maximum atomic E-state index is 11.9. The highest BCUT2D eigenvalue weighted by Crippen LogP contribution is 2.40. The summed E-state index contributed by atoms with van der Waals surface area (Å²) in [6.45, 7) is -0.107. The number of thiazole rings is 1. The number of hydrogen-bond acceptors (Lipinski definition) is 4. The molecule has 2 aromatic rings. The van der Waals surface area contributed by atoms with Gasteiger partial charge in [-0.3, -0.25) is 9.59 Å². The smallest absolute Gasteiger partial charge is 0.251 e. The van der Waals surface area contributed by atoms with Gasteiger partial charge in [0, 0.05) is 21.9 Å². The van der Waals surface area contributed by atoms with Crippen LogP contribution in [0.25, 0.3) is 0 Å². The first-order chi connectivity index (χ1) is 10.6. The molecule has 1 aromatic heterocycles. The van der Waals surface area contributed by atoms with Gasteiger partial charge in [-0.1, -0.05) is 17.7 Å². The highest BCUT2D eigenvalue weighted by molar-refractivity contribution is 7.13. The van der Waals surface area contributed by atoms with E-state index in [9.17, 15) is 9.59 Å². The maximum Gasteiger partial charge on any atom is 0.251 e. The standard InChI is InChI=1S/C15H14ClN3O2S/c16-11-3-1-2-10(6-11)14(21)17-7-13(20)19-15-18-12(8-22-15)9-4-5-9/h1-3,6,8-9H,4-5,7H2,(H,17,21)(H,18,19,20). The quantitative estimate of drug-likeness (QED) is 0.882. The van der Waals surface area contributed by atoms with Crippen LogP contribution in [0.3, 0.4) is 0 Å². The number of carbonyl (C=O) groups is 2. The van der Waals surface area contributed by atoms with Gasteiger partial charge in [0.1, 0.15) is 0 Å². The number of nitrogens with one attached hydrogen (secondary N) is 2. The fourth-order valence-corrected chi connectivity index (χ4v) is 2.96. The number of nitrogens with zero attached hydrogens (tertiary/aromatic N) is 1. The molecule has 1 aliphatic rings. The van der Waals surface area contributed by atoms with Gasteiger partial charge in [0.25, 0.3) is 5.91 Å². The predicted octanol–water partition coefficient (Wildman–Crippen LogP) is 3.04. The van der Waals surface area contributed by atoms with Crippen molar-refractivity contribution in [2.24, 2.45) is 0 Å². The molecule has 0 unspecified atom stereocenters. The van der Waals surface area contributed by atoms with Crippen LogP contribution in [0.1, 0.15) is 34.8 Å². The van der Waals surface area contributed by atoms with E-state index in [-0.39, 0.29) is 18.4 Å². The van der Waals surface area contributed by atoms with Crippen molar-refractivity contribution in [2.75, 3.05) is 11.9 Å². The van der Waals surface area contributed by atoms with Crippen LogP contribution < -0.4 is 10.6 Å². The number of carbonyl (C=O) groups excluding carboxylic acids is 2. The van der Waals surface area contributed by atoms with Gasteiger partial charge in [-0.25, -0.2) is 4.98 Å². The van der Waals surface area contributed by atoms with Gasteiger partial charge in [-0.05, 0) is 31.0 Å². The molecule has 2 amide bonds. The van der Waals surface area contributed by atoms with Crippen molar-refractivity contribution >= 4 is 39.9 Å². The van der Waals surface area contributed by atoms with Crippen molar-refractivity contribution in [3.63, 3.8) is 0 Å². The number of rotatable bonds is 5. The molecule has 0 bridgehead atoms. The van der Waals surface area contributed by atoms with Crippen LogP contribution >= 0.6 is 22.9 Å². The summed E-state index contributed by atoms with van der Waals surface area (Å²) in [5.41, 5.74) is 1.47. The van der Waals surface area contributed by atoms with Crippen LogP contribution in [-0.4, -0.2) is 23.3 Å². The van der Waals surface area contributed by atoms with Crippen LogP contribution in [0.2, 0.25) is 5.02 Å². The maximum absolute atomic E-state index is 11.9. The van der Waals surface area contributed by atoms with Crippen molar-refractivity contribution in [2.45, 2.75) is 18.8 Å². The summed E-state index contributed by atoms with van der Waals surface area (Å²) in [4.78, 5) is 28.1. The van der Waals surface area contributed by atoms with Crippen LogP contribution in [0, 0.1) is 0 Å². The fourth-order valence-electron chi connectivity index (χ4n) is 1.97. The first kappa shape index (κ1) is 15.0. The molecule has 1 aromatic carbocycles. The molecule has 114 valence electrons. The molecule has 0 aliphatic heterocycles. The van der Waals surface area contributed by atoms with Crippen molar-refractivity contribution in [3.05, 3.63) is 45.9 Å². The van der Waals surface area contributed by atoms with E-state index in [1.807, 2.05) is 5.38 Å². The molecule has 0 spiro atoms. The Bertz CT molecular complexity index is 712. The summed E-state index contributed by atoms with van der Waals surface area (Å²) < 4.78 is 0. The van der Waals surface area contributed by atoms with E-state index >= 15 is 0 Å². The Hall–Kier alpha value is -1.92. The third-order valence-electron chi connectivity index (χ3n) is 3.26. The monoisotopic (exact) mass is 335 g/mol. The van der Waals surface area contributed by atoms with Crippen molar-refractivity contribution in [3.8, 4) is 0 Å². The van der Waals surface area contributed by atoms with Crippen molar-refractivity contribution in [1.82, 2.24) is 10.3 Å². The van der Waals surface area contributed by atoms with E-state index in [2.05, 4.69) is 15.6 Å². The minimum Gasteiger partial charge on any atom is -0.343 e. The first-order valence-electron chi connectivity index (χ1n) is 6.91. The third kappa shape index (κ3) is 3.84. The van der Waals surface area contributed by atoms with Gasteiger partial charge in [-0.15, -0.1) is 11.3 Å². The zero-order valence-corrected chi connectivity index (χ0v) is 13.2. The SMILES string of the molecule is O=C(CNC(=O)c1cccc(Cl)c1)Nc1nc(C2CC2)cs1. The number of benzene rings is 1. The molecular formula is C15H14ClN3O2S. The van der Waals surface area contributed by atoms with Crippen LogP contribution in [-0.2, 0) is 4.79 Å². The molecule has 3 rings (SSSR count). The van der Waals surface area contributed by atoms with Gasteiger partial charge in [0.05, 0.1) is 12.2 Å². The van der Waals surface area contributed by atoms with E-state index in [1.165, 1.54) is 24.2 Å². The lowest BCUT2D eigenvalue weighted by molar-refractivity contribution is -0.115. The summed E-state index contributed by atoms with van der Waals surface area (Å²) in [6.07, 6.45) is 2.35. The van der Waals surface area contributed by atoms with Gasteiger partial charge in [0.15, 0.2) is 5.13 Å². The number of hydrogen-bond donors (Lipinski definition) is 2. The summed E-state index contributed by atoms with van der Waals surface area (Å²) >= 11 is 7.23. The molecule has 1 heterocycles. The molecule has 0 atom stereocenters. The van der Waals surface area contributed by atoms with E-state index in [4.69, 9.17) is 11.6 Å². The Kier molecular flexibility index (Phi) is 4.40. The van der Waals surface area contributed by atoms with E-state index in [1.54, 1.807) is 24.3 Å². The highest BCUT2D eigenvalue weighted by atomic mass is 35.5. The molecule has 1 fully saturated rings. The molecule has 22 heavy (non-hydrogen) atoms. The minimum absolute atomic E-state index is 0.107. The summed E-state index contributed by atoms with van der Waals surface area (Å²) in [7, 11) is 0. The van der Waals surface area contributed by atoms with Gasteiger partial charge in [0.2, 0.25) is 5.91 Å². The topological polar surface area (TPSA) is 71.1 Å². The zero-order valence-electron chi connectivity index (χ0n) is 11.6. The van der Waals surface area contributed by atoms with Gasteiger partial charge in [-0.2, -0.15) is 0 Å². The predicted molar refractivity (Wildman–Crippen MR) is 86.5 cm³/mol. The minimum atomic E-state index is -0.338. The summed E-state index contributed by atoms with van der Waals surface area (Å²) in [5.74, 6) is -0.0769. The van der Waals surface area contributed by atoms with Crippen LogP contribution in [0.15, 0.2) is 29.6 Å². The number of halogens is 1. The largest absolute Gasteiger partial charge is 0.343 e. The molecule has 1 aliphatic carbocycles.